The topological polar surface area (TPSA) is 82.5 Å². The summed E-state index contributed by atoms with van der Waals surface area (Å²) in [5, 5.41) is 7.55. The second kappa shape index (κ2) is 9.60. The Balaban J connectivity index is 2.02. The number of aryl methyl sites for hydroxylation is 1. The van der Waals surface area contributed by atoms with E-state index in [1.807, 2.05) is 45.0 Å². The average molecular weight is 420 g/mol. The Morgan fingerprint density at radius 3 is 2.69 bits per heavy atom. The van der Waals surface area contributed by atoms with E-state index >= 15 is 0 Å². The highest BCUT2D eigenvalue weighted by atomic mass is 35.5. The molecule has 0 aliphatic carbocycles. The summed E-state index contributed by atoms with van der Waals surface area (Å²) < 4.78 is 11.8. The number of amides is 1. The molecule has 1 aromatic heterocycles. The Hall–Kier alpha value is -2.80. The molecule has 0 radical (unpaired) electrons. The maximum atomic E-state index is 11.9. The number of carbonyl (C=O) groups excluding carboxylic acids is 2. The first-order valence-electron chi connectivity index (χ1n) is 9.11. The van der Waals surface area contributed by atoms with Crippen LogP contribution in [0.1, 0.15) is 37.6 Å². The zero-order valence-electron chi connectivity index (χ0n) is 17.3. The molecular formula is C21H26ClN3O4. The van der Waals surface area contributed by atoms with Gasteiger partial charge in [0, 0.05) is 17.2 Å². The number of carbonyl (C=O) groups is 2. The third-order valence-corrected chi connectivity index (χ3v) is 4.22. The number of aromatic nitrogens is 2. The summed E-state index contributed by atoms with van der Waals surface area (Å²) in [6, 6.07) is 7.61. The largest absolute Gasteiger partial charge is 0.497 e. The van der Waals surface area contributed by atoms with Crippen molar-refractivity contribution >= 4 is 29.6 Å². The lowest BCUT2D eigenvalue weighted by Crippen LogP contribution is -2.42. The van der Waals surface area contributed by atoms with E-state index in [9.17, 15) is 9.59 Å². The van der Waals surface area contributed by atoms with Gasteiger partial charge in [0.2, 0.25) is 0 Å². The van der Waals surface area contributed by atoms with Crippen LogP contribution >= 0.6 is 11.6 Å². The van der Waals surface area contributed by atoms with Crippen LogP contribution in [0.4, 0.5) is 0 Å². The van der Waals surface area contributed by atoms with Crippen LogP contribution in [-0.2, 0) is 20.9 Å². The number of hydrogen-bond donors (Lipinski definition) is 1. The van der Waals surface area contributed by atoms with Crippen molar-refractivity contribution in [3.63, 3.8) is 0 Å². The molecule has 0 atom stereocenters. The van der Waals surface area contributed by atoms with E-state index in [4.69, 9.17) is 21.1 Å². The first-order chi connectivity index (χ1) is 13.6. The number of nitrogens with one attached hydrogen (secondary N) is 1. The Labute approximate surface area is 175 Å². The van der Waals surface area contributed by atoms with Crippen LogP contribution in [0.2, 0.25) is 5.15 Å². The number of ether oxygens (including phenoxy) is 2. The van der Waals surface area contributed by atoms with Crippen molar-refractivity contribution in [1.82, 2.24) is 15.1 Å². The smallest absolute Gasteiger partial charge is 0.331 e. The molecule has 0 aliphatic heterocycles. The van der Waals surface area contributed by atoms with E-state index in [0.717, 1.165) is 11.3 Å². The quantitative estimate of drug-likeness (QED) is 0.549. The van der Waals surface area contributed by atoms with Crippen LogP contribution in [0.15, 0.2) is 30.3 Å². The van der Waals surface area contributed by atoms with E-state index < -0.39 is 5.97 Å². The van der Waals surface area contributed by atoms with Gasteiger partial charge in [0.1, 0.15) is 10.9 Å². The fraction of sp³-hybridized carbons (Fsp3) is 0.381. The molecule has 1 heterocycles. The Morgan fingerprint density at radius 2 is 2.03 bits per heavy atom. The molecule has 8 heteroatoms. The first-order valence-corrected chi connectivity index (χ1v) is 9.48. The van der Waals surface area contributed by atoms with Crippen LogP contribution in [0.25, 0.3) is 6.08 Å². The third-order valence-electron chi connectivity index (χ3n) is 3.82. The molecule has 1 N–H and O–H groups in total. The van der Waals surface area contributed by atoms with Gasteiger partial charge in [0.25, 0.3) is 5.91 Å². The molecule has 0 saturated carbocycles. The van der Waals surface area contributed by atoms with Crippen LogP contribution in [0, 0.1) is 6.92 Å². The molecule has 1 amide bonds. The number of esters is 1. The van der Waals surface area contributed by atoms with Gasteiger partial charge in [-0.05, 0) is 51.5 Å². The van der Waals surface area contributed by atoms with Crippen LogP contribution in [0.5, 0.6) is 5.75 Å². The van der Waals surface area contributed by atoms with Crippen molar-refractivity contribution in [3.8, 4) is 5.75 Å². The number of halogens is 1. The molecule has 0 fully saturated rings. The van der Waals surface area contributed by atoms with Gasteiger partial charge in [-0.1, -0.05) is 23.7 Å². The van der Waals surface area contributed by atoms with E-state index in [-0.39, 0.29) is 18.1 Å². The summed E-state index contributed by atoms with van der Waals surface area (Å²) in [5.41, 5.74) is 1.88. The highest BCUT2D eigenvalue weighted by Gasteiger charge is 2.15. The van der Waals surface area contributed by atoms with Crippen LogP contribution < -0.4 is 10.1 Å². The average Bonchev–Trinajstić information content (AvgIpc) is 2.90. The highest BCUT2D eigenvalue weighted by molar-refractivity contribution is 6.31. The Morgan fingerprint density at radius 1 is 1.31 bits per heavy atom. The fourth-order valence-electron chi connectivity index (χ4n) is 2.60. The number of benzene rings is 1. The van der Waals surface area contributed by atoms with Gasteiger partial charge >= 0.3 is 5.97 Å². The van der Waals surface area contributed by atoms with Gasteiger partial charge in [-0.3, -0.25) is 4.79 Å². The van der Waals surface area contributed by atoms with Crippen LogP contribution in [0.3, 0.4) is 0 Å². The van der Waals surface area contributed by atoms with Crippen molar-refractivity contribution in [1.29, 1.82) is 0 Å². The van der Waals surface area contributed by atoms with Crippen molar-refractivity contribution in [2.75, 3.05) is 13.7 Å². The third kappa shape index (κ3) is 6.94. The fourth-order valence-corrected chi connectivity index (χ4v) is 2.89. The second-order valence-corrected chi connectivity index (χ2v) is 7.90. The predicted molar refractivity (Wildman–Crippen MR) is 112 cm³/mol. The molecular weight excluding hydrogens is 394 g/mol. The summed E-state index contributed by atoms with van der Waals surface area (Å²) in [4.78, 5) is 23.6. The molecule has 2 aromatic rings. The molecule has 0 spiro atoms. The molecule has 7 nitrogen and oxygen atoms in total. The number of methoxy groups -OCH3 is 1. The summed E-state index contributed by atoms with van der Waals surface area (Å²) in [6.45, 7) is 7.46. The normalized spacial score (nSPS) is 11.5. The standard InChI is InChI=1S/C21H26ClN3O4/c1-14-17(9-10-19(27)29-13-18(26)23-21(2,3)4)20(22)25(24-14)12-15-7-6-8-16(11-15)28-5/h6-11H,12-13H2,1-5H3,(H,23,26)/b10-9+. The lowest BCUT2D eigenvalue weighted by Gasteiger charge is -2.20. The Kier molecular flexibility index (Phi) is 7.45. The minimum atomic E-state index is -0.634. The molecule has 156 valence electrons. The van der Waals surface area contributed by atoms with Gasteiger partial charge in [-0.25, -0.2) is 9.48 Å². The zero-order chi connectivity index (χ0) is 21.6. The van der Waals surface area contributed by atoms with Crippen LogP contribution in [-0.4, -0.2) is 40.9 Å². The summed E-state index contributed by atoms with van der Waals surface area (Å²) >= 11 is 6.44. The van der Waals surface area contributed by atoms with E-state index in [1.165, 1.54) is 12.2 Å². The lowest BCUT2D eigenvalue weighted by molar-refractivity contribution is -0.144. The van der Waals surface area contributed by atoms with Gasteiger partial charge < -0.3 is 14.8 Å². The zero-order valence-corrected chi connectivity index (χ0v) is 18.0. The minimum Gasteiger partial charge on any atom is -0.497 e. The number of rotatable bonds is 7. The maximum Gasteiger partial charge on any atom is 0.331 e. The van der Waals surface area contributed by atoms with E-state index in [0.29, 0.717) is 23.0 Å². The van der Waals surface area contributed by atoms with E-state index in [2.05, 4.69) is 10.4 Å². The Bertz CT molecular complexity index is 913. The summed E-state index contributed by atoms with van der Waals surface area (Å²) in [7, 11) is 1.61. The van der Waals surface area contributed by atoms with Gasteiger partial charge in [0.15, 0.2) is 6.61 Å². The lowest BCUT2D eigenvalue weighted by atomic mass is 10.1. The summed E-state index contributed by atoms with van der Waals surface area (Å²) in [6.07, 6.45) is 2.77. The van der Waals surface area contributed by atoms with Crippen molar-refractivity contribution in [2.24, 2.45) is 0 Å². The molecule has 1 aromatic carbocycles. The SMILES string of the molecule is COc1cccc(Cn2nc(C)c(/C=C/C(=O)OCC(=O)NC(C)(C)C)c2Cl)c1. The molecule has 0 bridgehead atoms. The molecule has 0 aliphatic rings. The van der Waals surface area contributed by atoms with E-state index in [1.54, 1.807) is 18.7 Å². The monoisotopic (exact) mass is 419 g/mol. The molecule has 0 unspecified atom stereocenters. The van der Waals surface area contributed by atoms with Crippen molar-refractivity contribution in [3.05, 3.63) is 52.3 Å². The van der Waals surface area contributed by atoms with Gasteiger partial charge in [-0.15, -0.1) is 0 Å². The van der Waals surface area contributed by atoms with Crippen molar-refractivity contribution in [2.45, 2.75) is 39.8 Å². The summed E-state index contributed by atoms with van der Waals surface area (Å²) in [5.74, 6) is -0.245. The highest BCUT2D eigenvalue weighted by Crippen LogP contribution is 2.23. The molecule has 2 rings (SSSR count). The van der Waals surface area contributed by atoms with Crippen molar-refractivity contribution < 1.29 is 19.1 Å². The van der Waals surface area contributed by atoms with Gasteiger partial charge in [-0.2, -0.15) is 5.10 Å². The molecule has 29 heavy (non-hydrogen) atoms. The number of nitrogens with zero attached hydrogens (tertiary/aromatic N) is 2. The number of hydrogen-bond acceptors (Lipinski definition) is 5. The second-order valence-electron chi connectivity index (χ2n) is 7.54. The maximum absolute atomic E-state index is 11.9. The predicted octanol–water partition coefficient (Wildman–Crippen LogP) is 3.37. The molecule has 0 saturated heterocycles. The first kappa shape index (κ1) is 22.5. The van der Waals surface area contributed by atoms with Gasteiger partial charge in [0.05, 0.1) is 19.3 Å². The minimum absolute atomic E-state index is 0.345.